The highest BCUT2D eigenvalue weighted by Gasteiger charge is 2.25. The van der Waals surface area contributed by atoms with Crippen LogP contribution in [0.5, 0.6) is 5.75 Å². The Kier molecular flexibility index (Phi) is 3.83. The van der Waals surface area contributed by atoms with Gasteiger partial charge in [0.05, 0.1) is 5.75 Å². The largest absolute Gasteiger partial charge is 0.482 e. The molecule has 0 radical (unpaired) electrons. The monoisotopic (exact) mass is 288 g/mol. The van der Waals surface area contributed by atoms with Gasteiger partial charge in [0.15, 0.2) is 0 Å². The van der Waals surface area contributed by atoms with Crippen LogP contribution in [0.25, 0.3) is 10.8 Å². The Morgan fingerprint density at radius 3 is 2.65 bits per heavy atom. The zero-order valence-electron chi connectivity index (χ0n) is 11.0. The molecule has 0 amide bonds. The second-order valence-corrected chi connectivity index (χ2v) is 5.91. The van der Waals surface area contributed by atoms with E-state index in [0.29, 0.717) is 11.9 Å². The smallest absolute Gasteiger partial charge is 0.313 e. The van der Waals surface area contributed by atoms with Crippen molar-refractivity contribution in [3.05, 3.63) is 42.0 Å². The Hall–Kier alpha value is -1.68. The third-order valence-corrected chi connectivity index (χ3v) is 4.19. The second-order valence-electron chi connectivity index (χ2n) is 4.98. The minimum atomic E-state index is -0.812. The molecule has 2 aromatic carbocycles. The van der Waals surface area contributed by atoms with Crippen molar-refractivity contribution >= 4 is 28.5 Å². The van der Waals surface area contributed by atoms with Gasteiger partial charge in [-0.15, -0.1) is 11.8 Å². The molecule has 0 atom stereocenters. The van der Waals surface area contributed by atoms with Crippen molar-refractivity contribution in [2.45, 2.75) is 18.8 Å². The Labute approximate surface area is 121 Å². The highest BCUT2D eigenvalue weighted by Crippen LogP contribution is 2.44. The topological polar surface area (TPSA) is 46.5 Å². The van der Waals surface area contributed by atoms with E-state index in [1.165, 1.54) is 35.6 Å². The van der Waals surface area contributed by atoms with E-state index in [2.05, 4.69) is 24.3 Å². The number of carboxylic acid groups (broad SMARTS) is 1. The highest BCUT2D eigenvalue weighted by molar-refractivity contribution is 7.99. The number of fused-ring (bicyclic) bond motifs is 1. The van der Waals surface area contributed by atoms with Gasteiger partial charge in [0.25, 0.3) is 0 Å². The summed E-state index contributed by atoms with van der Waals surface area (Å²) in [6, 6.07) is 12.4. The minimum absolute atomic E-state index is 0.0675. The van der Waals surface area contributed by atoms with Crippen LogP contribution in [0.3, 0.4) is 0 Å². The highest BCUT2D eigenvalue weighted by atomic mass is 32.2. The van der Waals surface area contributed by atoms with Crippen molar-refractivity contribution in [1.82, 2.24) is 0 Å². The molecule has 3 nitrogen and oxygen atoms in total. The van der Waals surface area contributed by atoms with Gasteiger partial charge in [-0.3, -0.25) is 4.79 Å². The molecule has 0 aliphatic heterocycles. The number of carbonyl (C=O) groups is 1. The minimum Gasteiger partial charge on any atom is -0.482 e. The molecule has 0 aromatic heterocycles. The summed E-state index contributed by atoms with van der Waals surface area (Å²) in [5.74, 6) is 1.16. The van der Waals surface area contributed by atoms with Crippen LogP contribution in [-0.2, 0) is 4.79 Å². The number of carboxylic acids is 1. The van der Waals surface area contributed by atoms with E-state index in [1.807, 2.05) is 12.1 Å². The fourth-order valence-corrected chi connectivity index (χ4v) is 2.87. The predicted molar refractivity (Wildman–Crippen MR) is 81.5 cm³/mol. The van der Waals surface area contributed by atoms with Crippen LogP contribution in [0.4, 0.5) is 0 Å². The first kappa shape index (κ1) is 13.3. The molecule has 2 aromatic rings. The van der Waals surface area contributed by atoms with Crippen LogP contribution in [0.15, 0.2) is 36.4 Å². The van der Waals surface area contributed by atoms with Crippen LogP contribution >= 0.6 is 11.8 Å². The lowest BCUT2D eigenvalue weighted by Crippen LogP contribution is -2.02. The van der Waals surface area contributed by atoms with E-state index in [4.69, 9.17) is 9.84 Å². The third-order valence-electron chi connectivity index (χ3n) is 3.46. The Morgan fingerprint density at radius 2 is 1.95 bits per heavy atom. The summed E-state index contributed by atoms with van der Waals surface area (Å²) in [5.41, 5.74) is 1.41. The average Bonchev–Trinajstić information content (AvgIpc) is 3.28. The van der Waals surface area contributed by atoms with Gasteiger partial charge in [0.1, 0.15) is 11.7 Å². The fourth-order valence-electron chi connectivity index (χ4n) is 2.41. The molecule has 4 heteroatoms. The molecule has 1 N–H and O–H groups in total. The van der Waals surface area contributed by atoms with Crippen molar-refractivity contribution in [3.8, 4) is 5.75 Å². The molecule has 1 fully saturated rings. The van der Waals surface area contributed by atoms with E-state index >= 15 is 0 Å². The number of ether oxygens (including phenoxy) is 1. The van der Waals surface area contributed by atoms with Gasteiger partial charge in [-0.2, -0.15) is 0 Å². The quantitative estimate of drug-likeness (QED) is 0.647. The maximum absolute atomic E-state index is 10.5. The van der Waals surface area contributed by atoms with Gasteiger partial charge in [0, 0.05) is 5.39 Å². The van der Waals surface area contributed by atoms with Gasteiger partial charge in [-0.1, -0.05) is 30.3 Å². The Morgan fingerprint density at radius 1 is 1.20 bits per heavy atom. The lowest BCUT2D eigenvalue weighted by atomic mass is 10.0. The first-order chi connectivity index (χ1) is 9.75. The molecule has 0 spiro atoms. The van der Waals surface area contributed by atoms with Crippen molar-refractivity contribution < 1.29 is 14.6 Å². The van der Waals surface area contributed by atoms with Crippen LogP contribution < -0.4 is 4.74 Å². The SMILES string of the molecule is O=C(O)CSCOc1ccc(C2CC2)c2ccccc12. The molecule has 1 aliphatic rings. The van der Waals surface area contributed by atoms with Gasteiger partial charge < -0.3 is 9.84 Å². The predicted octanol–water partition coefficient (Wildman–Crippen LogP) is 3.87. The summed E-state index contributed by atoms with van der Waals surface area (Å²) in [5, 5.41) is 11.0. The summed E-state index contributed by atoms with van der Waals surface area (Å²) in [6.45, 7) is 0. The summed E-state index contributed by atoms with van der Waals surface area (Å²) >= 11 is 1.27. The van der Waals surface area contributed by atoms with Gasteiger partial charge in [-0.05, 0) is 35.8 Å². The summed E-state index contributed by atoms with van der Waals surface area (Å²) in [4.78, 5) is 10.5. The maximum atomic E-state index is 10.5. The normalized spacial score (nSPS) is 14.4. The van der Waals surface area contributed by atoms with Crippen molar-refractivity contribution in [1.29, 1.82) is 0 Å². The number of hydrogen-bond donors (Lipinski definition) is 1. The van der Waals surface area contributed by atoms with E-state index in [9.17, 15) is 4.79 Å². The standard InChI is InChI=1S/C16H16O3S/c17-16(18)9-20-10-19-15-8-7-12(11-5-6-11)13-3-1-2-4-14(13)15/h1-4,7-8,11H,5-6,9-10H2,(H,17,18). The lowest BCUT2D eigenvalue weighted by Gasteiger charge is -2.11. The van der Waals surface area contributed by atoms with Crippen LogP contribution in [0, 0.1) is 0 Å². The van der Waals surface area contributed by atoms with Gasteiger partial charge >= 0.3 is 5.97 Å². The number of hydrogen-bond acceptors (Lipinski definition) is 3. The second kappa shape index (κ2) is 5.75. The van der Waals surface area contributed by atoms with Gasteiger partial charge in [0.2, 0.25) is 0 Å². The van der Waals surface area contributed by atoms with E-state index < -0.39 is 5.97 Å². The van der Waals surface area contributed by atoms with Crippen LogP contribution in [0.2, 0.25) is 0 Å². The molecular weight excluding hydrogens is 272 g/mol. The molecule has 0 bridgehead atoms. The molecule has 0 unspecified atom stereocenters. The van der Waals surface area contributed by atoms with Crippen molar-refractivity contribution in [3.63, 3.8) is 0 Å². The van der Waals surface area contributed by atoms with Crippen LogP contribution in [0.1, 0.15) is 24.3 Å². The van der Waals surface area contributed by atoms with E-state index in [0.717, 1.165) is 11.1 Å². The molecule has 0 saturated heterocycles. The molecule has 1 saturated carbocycles. The third kappa shape index (κ3) is 2.90. The molecule has 0 heterocycles. The number of thioether (sulfide) groups is 1. The first-order valence-corrected chi connectivity index (χ1v) is 7.85. The maximum Gasteiger partial charge on any atom is 0.313 e. The summed E-state index contributed by atoms with van der Waals surface area (Å²) in [6.07, 6.45) is 2.55. The first-order valence-electron chi connectivity index (χ1n) is 6.69. The average molecular weight is 288 g/mol. The molecule has 104 valence electrons. The van der Waals surface area contributed by atoms with Gasteiger partial charge in [-0.25, -0.2) is 0 Å². The van der Waals surface area contributed by atoms with E-state index in [-0.39, 0.29) is 5.75 Å². The van der Waals surface area contributed by atoms with Crippen molar-refractivity contribution in [2.24, 2.45) is 0 Å². The Balaban J connectivity index is 1.81. The van der Waals surface area contributed by atoms with E-state index in [1.54, 1.807) is 0 Å². The molecule has 20 heavy (non-hydrogen) atoms. The van der Waals surface area contributed by atoms with Crippen LogP contribution in [-0.4, -0.2) is 22.8 Å². The number of rotatable bonds is 6. The molecular formula is C16H16O3S. The Bertz CT molecular complexity index is 635. The summed E-state index contributed by atoms with van der Waals surface area (Å²) in [7, 11) is 0. The number of aliphatic carboxylic acids is 1. The zero-order chi connectivity index (χ0) is 13.9. The lowest BCUT2D eigenvalue weighted by molar-refractivity contribution is -0.133. The number of benzene rings is 2. The van der Waals surface area contributed by atoms with Crippen molar-refractivity contribution in [2.75, 3.05) is 11.7 Å². The fraction of sp³-hybridized carbons (Fsp3) is 0.312. The zero-order valence-corrected chi connectivity index (χ0v) is 11.9. The molecule has 1 aliphatic carbocycles. The molecule has 3 rings (SSSR count). The summed E-state index contributed by atoms with van der Waals surface area (Å²) < 4.78 is 5.72.